The predicted octanol–water partition coefficient (Wildman–Crippen LogP) is 1.30. The first-order valence-corrected chi connectivity index (χ1v) is 7.66. The minimum absolute atomic E-state index is 0.0655. The molecular weight excluding hydrogens is 298 g/mol. The van der Waals surface area contributed by atoms with E-state index in [1.54, 1.807) is 24.3 Å². The van der Waals surface area contributed by atoms with E-state index in [0.29, 0.717) is 5.56 Å². The topological polar surface area (TPSA) is 89.5 Å². The fourth-order valence-corrected chi connectivity index (χ4v) is 2.66. The first-order chi connectivity index (χ1) is 11.0. The quantitative estimate of drug-likeness (QED) is 0.653. The standard InChI is InChI=1S/C17H17NO5/c19-13-8-12(9-14(20)18-13)17(22)23-16(15(21)10-6-7-10)11-4-2-1-3-5-11/h1-5,10,12,16H,6-9H2,(H,18,19,20). The Balaban J connectivity index is 1.75. The number of benzene rings is 1. The number of amides is 2. The summed E-state index contributed by atoms with van der Waals surface area (Å²) in [6, 6.07) is 8.82. The monoisotopic (exact) mass is 315 g/mol. The molecule has 1 aliphatic heterocycles. The maximum absolute atomic E-state index is 12.4. The van der Waals surface area contributed by atoms with Gasteiger partial charge in [-0.05, 0) is 18.4 Å². The number of imide groups is 1. The smallest absolute Gasteiger partial charge is 0.311 e. The highest BCUT2D eigenvalue weighted by Gasteiger charge is 2.39. The molecule has 6 nitrogen and oxygen atoms in total. The van der Waals surface area contributed by atoms with Crippen LogP contribution in [-0.4, -0.2) is 23.6 Å². The molecule has 1 unspecified atom stereocenters. The SMILES string of the molecule is O=C1CC(C(=O)OC(C(=O)C2CC2)c2ccccc2)CC(=O)N1. The van der Waals surface area contributed by atoms with Gasteiger partial charge in [-0.3, -0.25) is 24.5 Å². The van der Waals surface area contributed by atoms with Gasteiger partial charge in [0.25, 0.3) is 0 Å². The Morgan fingerprint density at radius 3 is 2.17 bits per heavy atom. The van der Waals surface area contributed by atoms with E-state index in [4.69, 9.17) is 4.74 Å². The molecule has 2 amide bonds. The highest BCUT2D eigenvalue weighted by Crippen LogP contribution is 2.36. The van der Waals surface area contributed by atoms with Crippen LogP contribution in [0.4, 0.5) is 0 Å². The van der Waals surface area contributed by atoms with E-state index in [2.05, 4.69) is 5.32 Å². The Morgan fingerprint density at radius 2 is 1.61 bits per heavy atom. The highest BCUT2D eigenvalue weighted by atomic mass is 16.5. The van der Waals surface area contributed by atoms with Crippen molar-refractivity contribution in [3.8, 4) is 0 Å². The average molecular weight is 315 g/mol. The maximum Gasteiger partial charge on any atom is 0.311 e. The molecule has 23 heavy (non-hydrogen) atoms. The van der Waals surface area contributed by atoms with Gasteiger partial charge >= 0.3 is 5.97 Å². The van der Waals surface area contributed by atoms with Gasteiger partial charge in [-0.1, -0.05) is 30.3 Å². The summed E-state index contributed by atoms with van der Waals surface area (Å²) in [5.74, 6) is -2.66. The Hall–Kier alpha value is -2.50. The number of ketones is 1. The molecule has 120 valence electrons. The average Bonchev–Trinajstić information content (AvgIpc) is 3.36. The summed E-state index contributed by atoms with van der Waals surface area (Å²) in [5.41, 5.74) is 0.615. The fourth-order valence-electron chi connectivity index (χ4n) is 2.66. The molecule has 0 aromatic heterocycles. The first-order valence-electron chi connectivity index (χ1n) is 7.66. The Morgan fingerprint density at radius 1 is 1.00 bits per heavy atom. The van der Waals surface area contributed by atoms with Crippen molar-refractivity contribution in [1.29, 1.82) is 0 Å². The summed E-state index contributed by atoms with van der Waals surface area (Å²) in [7, 11) is 0. The minimum Gasteiger partial charge on any atom is -0.449 e. The summed E-state index contributed by atoms with van der Waals surface area (Å²) < 4.78 is 5.42. The molecule has 2 fully saturated rings. The van der Waals surface area contributed by atoms with E-state index in [1.807, 2.05) is 6.07 Å². The molecule has 1 aromatic carbocycles. The molecule has 3 rings (SSSR count). The third kappa shape index (κ3) is 3.64. The van der Waals surface area contributed by atoms with Gasteiger partial charge in [-0.15, -0.1) is 0 Å². The van der Waals surface area contributed by atoms with Crippen LogP contribution in [0.25, 0.3) is 0 Å². The lowest BCUT2D eigenvalue weighted by Gasteiger charge is -2.23. The first kappa shape index (κ1) is 15.4. The Labute approximate surface area is 133 Å². The second-order valence-electron chi connectivity index (χ2n) is 5.98. The highest BCUT2D eigenvalue weighted by molar-refractivity contribution is 6.01. The van der Waals surface area contributed by atoms with Gasteiger partial charge in [-0.25, -0.2) is 0 Å². The van der Waals surface area contributed by atoms with Crippen LogP contribution in [0.3, 0.4) is 0 Å². The van der Waals surface area contributed by atoms with Crippen molar-refractivity contribution in [2.75, 3.05) is 0 Å². The molecule has 1 aromatic rings. The maximum atomic E-state index is 12.4. The molecule has 1 N–H and O–H groups in total. The Kier molecular flexibility index (Phi) is 4.23. The molecular formula is C17H17NO5. The number of hydrogen-bond donors (Lipinski definition) is 1. The minimum atomic E-state index is -0.962. The lowest BCUT2D eigenvalue weighted by Crippen LogP contribution is -2.42. The number of ether oxygens (including phenoxy) is 1. The molecule has 2 aliphatic rings. The lowest BCUT2D eigenvalue weighted by molar-refractivity contribution is -0.163. The number of carbonyl (C=O) groups excluding carboxylic acids is 4. The van der Waals surface area contributed by atoms with Crippen LogP contribution in [0, 0.1) is 11.8 Å². The van der Waals surface area contributed by atoms with Crippen LogP contribution in [0.15, 0.2) is 30.3 Å². The summed E-state index contributed by atoms with van der Waals surface area (Å²) in [5, 5.41) is 2.15. The van der Waals surface area contributed by atoms with E-state index in [-0.39, 0.29) is 24.5 Å². The molecule has 1 saturated heterocycles. The van der Waals surface area contributed by atoms with Crippen LogP contribution in [0.1, 0.15) is 37.4 Å². The zero-order valence-corrected chi connectivity index (χ0v) is 12.5. The number of piperidine rings is 1. The van der Waals surface area contributed by atoms with E-state index in [9.17, 15) is 19.2 Å². The third-order valence-electron chi connectivity index (χ3n) is 4.05. The molecule has 6 heteroatoms. The van der Waals surface area contributed by atoms with Crippen molar-refractivity contribution < 1.29 is 23.9 Å². The van der Waals surface area contributed by atoms with Gasteiger partial charge in [0.2, 0.25) is 11.8 Å². The molecule has 0 spiro atoms. The van der Waals surface area contributed by atoms with E-state index in [0.717, 1.165) is 12.8 Å². The molecule has 1 atom stereocenters. The van der Waals surface area contributed by atoms with Crippen LogP contribution in [0.5, 0.6) is 0 Å². The predicted molar refractivity (Wildman–Crippen MR) is 78.9 cm³/mol. The van der Waals surface area contributed by atoms with E-state index in [1.165, 1.54) is 0 Å². The van der Waals surface area contributed by atoms with Crippen LogP contribution in [-0.2, 0) is 23.9 Å². The van der Waals surface area contributed by atoms with Crippen LogP contribution in [0.2, 0.25) is 0 Å². The van der Waals surface area contributed by atoms with Crippen molar-refractivity contribution in [3.63, 3.8) is 0 Å². The van der Waals surface area contributed by atoms with Crippen molar-refractivity contribution in [2.24, 2.45) is 11.8 Å². The zero-order chi connectivity index (χ0) is 16.4. The number of hydrogen-bond acceptors (Lipinski definition) is 5. The van der Waals surface area contributed by atoms with E-state index >= 15 is 0 Å². The van der Waals surface area contributed by atoms with Gasteiger partial charge < -0.3 is 4.74 Å². The number of nitrogens with one attached hydrogen (secondary N) is 1. The van der Waals surface area contributed by atoms with Gasteiger partial charge in [0.15, 0.2) is 11.9 Å². The zero-order valence-electron chi connectivity index (χ0n) is 12.5. The van der Waals surface area contributed by atoms with Crippen molar-refractivity contribution in [3.05, 3.63) is 35.9 Å². The molecule has 1 heterocycles. The summed E-state index contributed by atoms with van der Waals surface area (Å²) in [4.78, 5) is 47.5. The fraction of sp³-hybridized carbons (Fsp3) is 0.412. The van der Waals surface area contributed by atoms with Crippen molar-refractivity contribution >= 4 is 23.6 Å². The van der Waals surface area contributed by atoms with Crippen LogP contribution >= 0.6 is 0 Å². The lowest BCUT2D eigenvalue weighted by atomic mass is 9.96. The van der Waals surface area contributed by atoms with Crippen molar-refractivity contribution in [1.82, 2.24) is 5.32 Å². The molecule has 0 radical (unpaired) electrons. The van der Waals surface area contributed by atoms with Gasteiger partial charge in [0.05, 0.1) is 5.92 Å². The third-order valence-corrected chi connectivity index (χ3v) is 4.05. The van der Waals surface area contributed by atoms with Gasteiger partial charge in [0.1, 0.15) is 0 Å². The number of esters is 1. The van der Waals surface area contributed by atoms with Gasteiger partial charge in [-0.2, -0.15) is 0 Å². The Bertz CT molecular complexity index is 634. The van der Waals surface area contributed by atoms with Crippen LogP contribution < -0.4 is 5.32 Å². The second-order valence-corrected chi connectivity index (χ2v) is 5.98. The number of rotatable bonds is 5. The second kappa shape index (κ2) is 6.32. The number of carbonyl (C=O) groups is 4. The van der Waals surface area contributed by atoms with E-state index < -0.39 is 29.8 Å². The largest absolute Gasteiger partial charge is 0.449 e. The normalized spacial score (nSPS) is 19.8. The summed E-state index contributed by atoms with van der Waals surface area (Å²) in [6.07, 6.45) is 0.470. The summed E-state index contributed by atoms with van der Waals surface area (Å²) >= 11 is 0. The van der Waals surface area contributed by atoms with Crippen molar-refractivity contribution in [2.45, 2.75) is 31.8 Å². The van der Waals surface area contributed by atoms with Gasteiger partial charge in [0, 0.05) is 18.8 Å². The molecule has 1 aliphatic carbocycles. The molecule has 1 saturated carbocycles. The summed E-state index contributed by atoms with van der Waals surface area (Å²) in [6.45, 7) is 0. The number of Topliss-reactive ketones (excluding diaryl/α,β-unsaturated/α-hetero) is 1. The molecule has 0 bridgehead atoms.